The number of hydrogen-bond acceptors (Lipinski definition) is 3. The standard InChI is InChI=1S/C19H17IN2O2/c1-11-8-13(20)10-17-15-6-3-7-16(15)19(21-18(11)17)12-4-2-5-14(9-12)22(23)24/h2-6,8-10,15-16,19,21H,7H2,1H3/t15-,16-,19+/m0/s1. The normalized spacial score (nSPS) is 24.2. The Bertz CT molecular complexity index is 862. The van der Waals surface area contributed by atoms with Gasteiger partial charge in [0.25, 0.3) is 5.69 Å². The van der Waals surface area contributed by atoms with Crippen LogP contribution in [0.3, 0.4) is 0 Å². The smallest absolute Gasteiger partial charge is 0.269 e. The van der Waals surface area contributed by atoms with E-state index in [9.17, 15) is 10.1 Å². The number of fused-ring (bicyclic) bond motifs is 3. The van der Waals surface area contributed by atoms with Gasteiger partial charge in [-0.05, 0) is 70.7 Å². The van der Waals surface area contributed by atoms with Crippen molar-refractivity contribution in [2.45, 2.75) is 25.3 Å². The second-order valence-corrected chi connectivity index (χ2v) is 7.76. The third-order valence-corrected chi connectivity index (χ3v) is 5.69. The van der Waals surface area contributed by atoms with E-state index < -0.39 is 0 Å². The topological polar surface area (TPSA) is 55.2 Å². The van der Waals surface area contributed by atoms with Crippen LogP contribution in [0.15, 0.2) is 48.6 Å². The van der Waals surface area contributed by atoms with Crippen LogP contribution in [0.2, 0.25) is 0 Å². The molecule has 122 valence electrons. The fourth-order valence-corrected chi connectivity index (χ4v) is 4.81. The molecule has 4 rings (SSSR count). The number of halogens is 1. The van der Waals surface area contributed by atoms with Crippen LogP contribution in [-0.2, 0) is 0 Å². The minimum absolute atomic E-state index is 0.0937. The average molecular weight is 432 g/mol. The number of rotatable bonds is 2. The number of nitrogens with zero attached hydrogens (tertiary/aromatic N) is 1. The number of nitrogens with one attached hydrogen (secondary N) is 1. The predicted octanol–water partition coefficient (Wildman–Crippen LogP) is 5.33. The van der Waals surface area contributed by atoms with Crippen molar-refractivity contribution < 1.29 is 4.92 Å². The molecule has 3 atom stereocenters. The second-order valence-electron chi connectivity index (χ2n) is 6.51. The summed E-state index contributed by atoms with van der Waals surface area (Å²) in [4.78, 5) is 10.8. The van der Waals surface area contributed by atoms with Crippen LogP contribution in [0.4, 0.5) is 11.4 Å². The lowest BCUT2D eigenvalue weighted by atomic mass is 9.76. The molecular formula is C19H17IN2O2. The average Bonchev–Trinajstić information content (AvgIpc) is 3.04. The maximum atomic E-state index is 11.1. The molecule has 0 spiro atoms. The van der Waals surface area contributed by atoms with Crippen LogP contribution >= 0.6 is 22.6 Å². The maximum absolute atomic E-state index is 11.1. The van der Waals surface area contributed by atoms with E-state index in [0.717, 1.165) is 12.0 Å². The van der Waals surface area contributed by atoms with Gasteiger partial charge < -0.3 is 5.32 Å². The summed E-state index contributed by atoms with van der Waals surface area (Å²) >= 11 is 2.37. The van der Waals surface area contributed by atoms with Crippen LogP contribution in [0.5, 0.6) is 0 Å². The van der Waals surface area contributed by atoms with Crippen molar-refractivity contribution in [1.29, 1.82) is 0 Å². The molecule has 0 unspecified atom stereocenters. The van der Waals surface area contributed by atoms with Crippen LogP contribution in [0.25, 0.3) is 0 Å². The molecule has 1 N–H and O–H groups in total. The van der Waals surface area contributed by atoms with Crippen LogP contribution in [0.1, 0.15) is 35.1 Å². The molecule has 2 aromatic carbocycles. The summed E-state index contributed by atoms with van der Waals surface area (Å²) in [6.45, 7) is 2.12. The second kappa shape index (κ2) is 5.88. The van der Waals surface area contributed by atoms with Gasteiger partial charge in [0.15, 0.2) is 0 Å². The Hall–Kier alpha value is -1.89. The lowest BCUT2D eigenvalue weighted by Crippen LogP contribution is -2.29. The Morgan fingerprint density at radius 1 is 1.29 bits per heavy atom. The fourth-order valence-electron chi connectivity index (χ4n) is 4.00. The molecule has 4 nitrogen and oxygen atoms in total. The quantitative estimate of drug-likeness (QED) is 0.302. The molecule has 5 heteroatoms. The summed E-state index contributed by atoms with van der Waals surface area (Å²) in [5, 5.41) is 14.8. The minimum atomic E-state index is -0.321. The number of nitro benzene ring substituents is 1. The van der Waals surface area contributed by atoms with Gasteiger partial charge in [0.1, 0.15) is 0 Å². The zero-order valence-electron chi connectivity index (χ0n) is 13.2. The molecule has 1 heterocycles. The highest BCUT2D eigenvalue weighted by Crippen LogP contribution is 2.51. The van der Waals surface area contributed by atoms with Gasteiger partial charge in [-0.25, -0.2) is 0 Å². The number of allylic oxidation sites excluding steroid dienone is 2. The molecule has 2 aromatic rings. The number of nitro groups is 1. The Morgan fingerprint density at radius 2 is 2.12 bits per heavy atom. The zero-order chi connectivity index (χ0) is 16.8. The van der Waals surface area contributed by atoms with Gasteiger partial charge in [-0.1, -0.05) is 24.3 Å². The van der Waals surface area contributed by atoms with Gasteiger partial charge in [-0.2, -0.15) is 0 Å². The fraction of sp³-hybridized carbons (Fsp3) is 0.263. The first-order valence-corrected chi connectivity index (χ1v) is 9.10. The van der Waals surface area contributed by atoms with E-state index in [-0.39, 0.29) is 16.7 Å². The first-order chi connectivity index (χ1) is 11.5. The molecule has 0 aromatic heterocycles. The SMILES string of the molecule is Cc1cc(I)cc2c1N[C@H](c1cccc([N+](=O)[O-])c1)[C@H]1CC=C[C@H]21. The number of hydrogen-bond donors (Lipinski definition) is 1. The Kier molecular flexibility index (Phi) is 3.83. The number of benzene rings is 2. The van der Waals surface area contributed by atoms with Gasteiger partial charge in [-0.3, -0.25) is 10.1 Å². The third kappa shape index (κ3) is 2.51. The molecule has 1 aliphatic heterocycles. The van der Waals surface area contributed by atoms with E-state index in [1.165, 1.54) is 20.4 Å². The van der Waals surface area contributed by atoms with Gasteiger partial charge in [0.2, 0.25) is 0 Å². The Morgan fingerprint density at radius 3 is 2.92 bits per heavy atom. The first kappa shape index (κ1) is 15.6. The van der Waals surface area contributed by atoms with Crippen molar-refractivity contribution >= 4 is 34.0 Å². The predicted molar refractivity (Wildman–Crippen MR) is 103 cm³/mol. The van der Waals surface area contributed by atoms with Gasteiger partial charge in [-0.15, -0.1) is 0 Å². The lowest BCUT2D eigenvalue weighted by molar-refractivity contribution is -0.384. The van der Waals surface area contributed by atoms with Crippen molar-refractivity contribution in [1.82, 2.24) is 0 Å². The highest BCUT2D eigenvalue weighted by atomic mass is 127. The molecule has 1 aliphatic carbocycles. The summed E-state index contributed by atoms with van der Waals surface area (Å²) in [5.74, 6) is 0.774. The molecule has 0 amide bonds. The molecule has 2 aliphatic rings. The minimum Gasteiger partial charge on any atom is -0.377 e. The third-order valence-electron chi connectivity index (χ3n) is 5.07. The molecule has 0 bridgehead atoms. The van der Waals surface area contributed by atoms with E-state index in [0.29, 0.717) is 11.8 Å². The summed E-state index contributed by atoms with van der Waals surface area (Å²) < 4.78 is 1.25. The van der Waals surface area contributed by atoms with Crippen molar-refractivity contribution in [3.05, 3.63) is 78.9 Å². The highest BCUT2D eigenvalue weighted by Gasteiger charge is 2.38. The molecule has 24 heavy (non-hydrogen) atoms. The van der Waals surface area contributed by atoms with E-state index in [1.54, 1.807) is 18.2 Å². The van der Waals surface area contributed by atoms with E-state index in [4.69, 9.17) is 0 Å². The van der Waals surface area contributed by atoms with Crippen molar-refractivity contribution in [2.75, 3.05) is 5.32 Å². The Labute approximate surface area is 154 Å². The first-order valence-electron chi connectivity index (χ1n) is 8.02. The van der Waals surface area contributed by atoms with Crippen molar-refractivity contribution in [3.8, 4) is 0 Å². The van der Waals surface area contributed by atoms with E-state index >= 15 is 0 Å². The highest BCUT2D eigenvalue weighted by molar-refractivity contribution is 14.1. The van der Waals surface area contributed by atoms with Crippen molar-refractivity contribution in [2.24, 2.45) is 5.92 Å². The van der Waals surface area contributed by atoms with Crippen LogP contribution in [0, 0.1) is 26.5 Å². The Balaban J connectivity index is 1.81. The maximum Gasteiger partial charge on any atom is 0.269 e. The summed E-state index contributed by atoms with van der Waals surface area (Å²) in [6.07, 6.45) is 5.53. The molecule has 0 saturated carbocycles. The number of anilines is 1. The molecule has 0 fully saturated rings. The number of non-ortho nitro benzene ring substituents is 1. The van der Waals surface area contributed by atoms with Gasteiger partial charge in [0.05, 0.1) is 11.0 Å². The molecule has 0 radical (unpaired) electrons. The largest absolute Gasteiger partial charge is 0.377 e. The van der Waals surface area contributed by atoms with Crippen molar-refractivity contribution in [3.63, 3.8) is 0 Å². The van der Waals surface area contributed by atoms with Gasteiger partial charge >= 0.3 is 0 Å². The monoisotopic (exact) mass is 432 g/mol. The zero-order valence-corrected chi connectivity index (χ0v) is 15.4. The summed E-state index contributed by atoms with van der Waals surface area (Å²) in [5.41, 5.74) is 4.90. The summed E-state index contributed by atoms with van der Waals surface area (Å²) in [6, 6.07) is 11.6. The lowest BCUT2D eigenvalue weighted by Gasteiger charge is -2.38. The van der Waals surface area contributed by atoms with E-state index in [2.05, 4.69) is 59.1 Å². The molecular weight excluding hydrogens is 415 g/mol. The molecule has 0 saturated heterocycles. The van der Waals surface area contributed by atoms with Gasteiger partial charge in [0, 0.05) is 27.3 Å². The van der Waals surface area contributed by atoms with E-state index in [1.807, 2.05) is 6.07 Å². The summed E-state index contributed by atoms with van der Waals surface area (Å²) in [7, 11) is 0. The van der Waals surface area contributed by atoms with Crippen LogP contribution < -0.4 is 5.32 Å². The number of aryl methyl sites for hydroxylation is 1. The van der Waals surface area contributed by atoms with Crippen LogP contribution in [-0.4, -0.2) is 4.92 Å².